The molecule has 1 aromatic heterocycles. The van der Waals surface area contributed by atoms with Gasteiger partial charge < -0.3 is 4.57 Å². The number of halogens is 3. The number of hydrogen-bond acceptors (Lipinski definition) is 4. The van der Waals surface area contributed by atoms with Crippen molar-refractivity contribution in [3.63, 3.8) is 0 Å². The molecule has 10 heteroatoms. The van der Waals surface area contributed by atoms with Gasteiger partial charge in [-0.15, -0.1) is 0 Å². The van der Waals surface area contributed by atoms with E-state index >= 15 is 0 Å². The number of carbonyl (C=O) groups excluding carboxylic acids is 1. The van der Waals surface area contributed by atoms with Gasteiger partial charge in [0.15, 0.2) is 5.84 Å². The molecule has 0 aliphatic carbocycles. The number of nitrogens with zero attached hydrogens (tertiary/aromatic N) is 4. The third kappa shape index (κ3) is 3.36. The third-order valence-electron chi connectivity index (χ3n) is 4.76. The highest BCUT2D eigenvalue weighted by Crippen LogP contribution is 2.35. The summed E-state index contributed by atoms with van der Waals surface area (Å²) in [5.74, 6) is -1.20. The molecule has 3 heterocycles. The maximum Gasteiger partial charge on any atom is 0.441 e. The Bertz CT molecular complexity index is 1170. The summed E-state index contributed by atoms with van der Waals surface area (Å²) in [6.45, 7) is 5.78. The van der Waals surface area contributed by atoms with Gasteiger partial charge in [0.2, 0.25) is 10.2 Å². The Morgan fingerprint density at radius 1 is 1.13 bits per heavy atom. The van der Waals surface area contributed by atoms with Crippen molar-refractivity contribution in [3.05, 3.63) is 58.4 Å². The average molecular weight is 431 g/mol. The Labute approximate surface area is 174 Å². The van der Waals surface area contributed by atoms with Gasteiger partial charge in [0.1, 0.15) is 0 Å². The van der Waals surface area contributed by atoms with Crippen LogP contribution in [0.1, 0.15) is 22.5 Å². The maximum absolute atomic E-state index is 12.9. The zero-order valence-electron chi connectivity index (χ0n) is 16.2. The molecule has 2 aromatic rings. The van der Waals surface area contributed by atoms with E-state index in [0.717, 1.165) is 27.6 Å². The minimum Gasteiger partial charge on any atom is -0.318 e. The Kier molecular flexibility index (Phi) is 4.69. The monoisotopic (exact) mass is 431 g/mol. The third-order valence-corrected chi connectivity index (χ3v) is 5.71. The highest BCUT2D eigenvalue weighted by molar-refractivity contribution is 8.27. The molecule has 1 N–H and O–H groups in total. The second kappa shape index (κ2) is 6.98. The number of amidine groups is 2. The van der Waals surface area contributed by atoms with Crippen LogP contribution in [0.3, 0.4) is 0 Å². The summed E-state index contributed by atoms with van der Waals surface area (Å²) in [4.78, 5) is 16.1. The smallest absolute Gasteiger partial charge is 0.318 e. The van der Waals surface area contributed by atoms with Gasteiger partial charge in [-0.3, -0.25) is 10.2 Å². The Hall–Kier alpha value is -3.14. The zero-order chi connectivity index (χ0) is 21.8. The van der Waals surface area contributed by atoms with Crippen molar-refractivity contribution >= 4 is 39.8 Å². The van der Waals surface area contributed by atoms with E-state index < -0.39 is 23.0 Å². The number of rotatable bonds is 2. The number of hydrogen-bond donors (Lipinski definition) is 1. The molecule has 0 atom stereocenters. The summed E-state index contributed by atoms with van der Waals surface area (Å²) in [6.07, 6.45) is -3.19. The van der Waals surface area contributed by atoms with Gasteiger partial charge in [0.05, 0.1) is 5.57 Å². The number of aliphatic imine (C=N–C) groups is 1. The first-order valence-corrected chi connectivity index (χ1v) is 9.71. The van der Waals surface area contributed by atoms with E-state index in [9.17, 15) is 18.0 Å². The predicted octanol–water partition coefficient (Wildman–Crippen LogP) is 4.58. The molecule has 0 radical (unpaired) electrons. The van der Waals surface area contributed by atoms with Crippen LogP contribution in [0.4, 0.5) is 13.2 Å². The average Bonchev–Trinajstić information content (AvgIpc) is 3.21. The van der Waals surface area contributed by atoms with Crippen LogP contribution in [0, 0.1) is 26.2 Å². The lowest BCUT2D eigenvalue weighted by Crippen LogP contribution is -2.35. The number of aryl methyl sites for hydroxylation is 2. The summed E-state index contributed by atoms with van der Waals surface area (Å²) in [5, 5.41) is 11.0. The van der Waals surface area contributed by atoms with Crippen LogP contribution in [0.25, 0.3) is 11.8 Å². The molecular formula is C20H16F3N5OS. The highest BCUT2D eigenvalue weighted by Gasteiger charge is 2.46. The van der Waals surface area contributed by atoms with E-state index in [1.54, 1.807) is 0 Å². The van der Waals surface area contributed by atoms with Crippen molar-refractivity contribution in [3.8, 4) is 5.69 Å². The zero-order valence-corrected chi connectivity index (χ0v) is 17.0. The molecule has 1 amide bonds. The van der Waals surface area contributed by atoms with Crippen molar-refractivity contribution in [2.45, 2.75) is 26.9 Å². The van der Waals surface area contributed by atoms with Crippen LogP contribution in [0.15, 0.2) is 46.0 Å². The fourth-order valence-electron chi connectivity index (χ4n) is 3.29. The molecule has 0 saturated carbocycles. The topological polar surface area (TPSA) is 73.8 Å². The molecule has 0 saturated heterocycles. The van der Waals surface area contributed by atoms with Gasteiger partial charge in [-0.2, -0.15) is 28.3 Å². The quantitative estimate of drug-likeness (QED) is 0.707. The summed E-state index contributed by atoms with van der Waals surface area (Å²) < 4.78 is 40.8. The molecule has 2 aliphatic heterocycles. The van der Waals surface area contributed by atoms with Crippen LogP contribution >= 0.6 is 11.8 Å². The molecule has 154 valence electrons. The number of fused-ring (bicyclic) bond motifs is 1. The maximum atomic E-state index is 12.9. The van der Waals surface area contributed by atoms with Crippen LogP contribution < -0.4 is 0 Å². The first-order chi connectivity index (χ1) is 14.1. The number of nitrogens with one attached hydrogen (secondary N) is 1. The predicted molar refractivity (Wildman–Crippen MR) is 111 cm³/mol. The largest absolute Gasteiger partial charge is 0.441 e. The number of hydrazone groups is 1. The van der Waals surface area contributed by atoms with E-state index in [4.69, 9.17) is 5.41 Å². The molecule has 0 bridgehead atoms. The fourth-order valence-corrected chi connectivity index (χ4v) is 4.05. The highest BCUT2D eigenvalue weighted by atomic mass is 32.2. The number of carbonyl (C=O) groups is 1. The van der Waals surface area contributed by atoms with Crippen molar-refractivity contribution in [2.24, 2.45) is 10.1 Å². The molecule has 0 spiro atoms. The van der Waals surface area contributed by atoms with Crippen LogP contribution in [0.5, 0.6) is 0 Å². The number of amides is 1. The molecule has 1 aromatic carbocycles. The van der Waals surface area contributed by atoms with Crippen molar-refractivity contribution < 1.29 is 18.0 Å². The molecular weight excluding hydrogens is 415 g/mol. The van der Waals surface area contributed by atoms with E-state index in [2.05, 4.69) is 10.1 Å². The molecule has 6 nitrogen and oxygen atoms in total. The first kappa shape index (κ1) is 20.1. The normalized spacial score (nSPS) is 18.1. The number of alkyl halides is 3. The van der Waals surface area contributed by atoms with Gasteiger partial charge >= 0.3 is 6.18 Å². The fraction of sp³-hybridized carbons (Fsp3) is 0.200. The van der Waals surface area contributed by atoms with E-state index in [1.165, 1.54) is 6.08 Å². The number of thioether (sulfide) groups is 1. The molecule has 2 aliphatic rings. The lowest BCUT2D eigenvalue weighted by Gasteiger charge is -2.20. The van der Waals surface area contributed by atoms with E-state index in [0.29, 0.717) is 5.56 Å². The van der Waals surface area contributed by atoms with Gasteiger partial charge in [-0.05, 0) is 62.4 Å². The van der Waals surface area contributed by atoms with Crippen LogP contribution in [0.2, 0.25) is 0 Å². The molecule has 30 heavy (non-hydrogen) atoms. The van der Waals surface area contributed by atoms with Crippen LogP contribution in [-0.2, 0) is 4.79 Å². The van der Waals surface area contributed by atoms with E-state index in [-0.39, 0.29) is 22.5 Å². The summed E-state index contributed by atoms with van der Waals surface area (Å²) in [6, 6.07) is 9.79. The summed E-state index contributed by atoms with van der Waals surface area (Å²) in [7, 11) is 0. The van der Waals surface area contributed by atoms with Crippen molar-refractivity contribution in [1.82, 2.24) is 9.58 Å². The standard InChI is InChI=1S/C20H16F3N5OS/c1-10-4-6-14(7-5-10)27-11(2)8-13(12(27)3)9-15-16(24)28-19(25-17(15)29)30-18(26-28)20(21,22)23/h4-9,24H,1-3H3/b15-9+,24-16?. The minimum atomic E-state index is -4.67. The van der Waals surface area contributed by atoms with Crippen molar-refractivity contribution in [1.29, 1.82) is 5.41 Å². The SMILES string of the molecule is Cc1ccc(-n2c(C)cc(/C=C3\C(=N)N4N=C(C(F)(F)F)SC4=NC3=O)c2C)cc1. The minimum absolute atomic E-state index is 0.115. The first-order valence-electron chi connectivity index (χ1n) is 8.89. The lowest BCUT2D eigenvalue weighted by molar-refractivity contribution is -0.114. The summed E-state index contributed by atoms with van der Waals surface area (Å²) in [5.41, 5.74) is 4.37. The van der Waals surface area contributed by atoms with Crippen LogP contribution in [-0.4, -0.2) is 37.7 Å². The second-order valence-corrected chi connectivity index (χ2v) is 7.88. The molecule has 0 fully saturated rings. The van der Waals surface area contributed by atoms with Gasteiger partial charge in [-0.1, -0.05) is 17.7 Å². The van der Waals surface area contributed by atoms with Gasteiger partial charge in [-0.25, -0.2) is 0 Å². The Morgan fingerprint density at radius 3 is 2.43 bits per heavy atom. The lowest BCUT2D eigenvalue weighted by atomic mass is 10.1. The summed E-state index contributed by atoms with van der Waals surface area (Å²) >= 11 is 0.233. The van der Waals surface area contributed by atoms with Gasteiger partial charge in [0, 0.05) is 17.1 Å². The van der Waals surface area contributed by atoms with Crippen molar-refractivity contribution in [2.75, 3.05) is 0 Å². The Morgan fingerprint density at radius 2 is 1.80 bits per heavy atom. The number of aromatic nitrogens is 1. The molecule has 0 unspecified atom stereocenters. The number of benzene rings is 1. The van der Waals surface area contributed by atoms with E-state index in [1.807, 2.05) is 55.7 Å². The van der Waals surface area contributed by atoms with Gasteiger partial charge in [0.25, 0.3) is 5.91 Å². The second-order valence-electron chi connectivity index (χ2n) is 6.92. The molecule has 4 rings (SSSR count). The Balaban J connectivity index is 1.74.